The first-order chi connectivity index (χ1) is 11.7. The van der Waals surface area contributed by atoms with Crippen molar-refractivity contribution in [3.8, 4) is 0 Å². The molecule has 0 aliphatic carbocycles. The van der Waals surface area contributed by atoms with Crippen molar-refractivity contribution in [1.29, 1.82) is 0 Å². The standard InChI is InChI=1S/C19H39N3O2/c1-17(2)9-7-5-6-8-11-21-19(20-3)22-12-10-18(15-22)16-24-14-13-23-4/h17-18H,5-16H2,1-4H3,(H,20,21). The van der Waals surface area contributed by atoms with E-state index in [9.17, 15) is 0 Å². The Balaban J connectivity index is 2.09. The van der Waals surface area contributed by atoms with E-state index in [2.05, 4.69) is 29.1 Å². The van der Waals surface area contributed by atoms with Crippen LogP contribution in [0.1, 0.15) is 52.4 Å². The number of likely N-dealkylation sites (tertiary alicyclic amines) is 1. The van der Waals surface area contributed by atoms with E-state index in [-0.39, 0.29) is 0 Å². The summed E-state index contributed by atoms with van der Waals surface area (Å²) in [7, 11) is 3.59. The lowest BCUT2D eigenvalue weighted by Gasteiger charge is -2.21. The van der Waals surface area contributed by atoms with Gasteiger partial charge in [-0.25, -0.2) is 0 Å². The number of ether oxygens (including phenoxy) is 2. The van der Waals surface area contributed by atoms with Crippen LogP contribution in [0.5, 0.6) is 0 Å². The largest absolute Gasteiger partial charge is 0.382 e. The summed E-state index contributed by atoms with van der Waals surface area (Å²) in [6.45, 7) is 9.95. The van der Waals surface area contributed by atoms with Crippen LogP contribution in [0.25, 0.3) is 0 Å². The molecule has 1 aliphatic rings. The fraction of sp³-hybridized carbons (Fsp3) is 0.947. The Hall–Kier alpha value is -0.810. The summed E-state index contributed by atoms with van der Waals surface area (Å²) in [5, 5.41) is 3.52. The molecule has 0 aromatic carbocycles. The second kappa shape index (κ2) is 13.5. The van der Waals surface area contributed by atoms with Gasteiger partial charge >= 0.3 is 0 Å². The van der Waals surface area contributed by atoms with Crippen molar-refractivity contribution in [1.82, 2.24) is 10.2 Å². The van der Waals surface area contributed by atoms with Gasteiger partial charge in [0.15, 0.2) is 5.96 Å². The first-order valence-corrected chi connectivity index (χ1v) is 9.69. The molecule has 142 valence electrons. The van der Waals surface area contributed by atoms with Crippen molar-refractivity contribution in [2.75, 3.05) is 53.6 Å². The van der Waals surface area contributed by atoms with Gasteiger partial charge < -0.3 is 19.7 Å². The third-order valence-electron chi connectivity index (χ3n) is 4.57. The Kier molecular flexibility index (Phi) is 11.9. The molecule has 1 aliphatic heterocycles. The van der Waals surface area contributed by atoms with E-state index in [1.165, 1.54) is 38.5 Å². The quantitative estimate of drug-likeness (QED) is 0.336. The summed E-state index contributed by atoms with van der Waals surface area (Å²) in [6, 6.07) is 0. The first kappa shape index (κ1) is 21.2. The highest BCUT2D eigenvalue weighted by atomic mass is 16.5. The van der Waals surface area contributed by atoms with Crippen LogP contribution in [-0.2, 0) is 9.47 Å². The number of nitrogens with zero attached hydrogens (tertiary/aromatic N) is 2. The predicted molar refractivity (Wildman–Crippen MR) is 102 cm³/mol. The number of guanidine groups is 1. The molecular formula is C19H39N3O2. The molecule has 1 saturated heterocycles. The van der Waals surface area contributed by atoms with Crippen LogP contribution >= 0.6 is 0 Å². The number of methoxy groups -OCH3 is 1. The maximum absolute atomic E-state index is 5.66. The third kappa shape index (κ3) is 9.48. The van der Waals surface area contributed by atoms with E-state index in [0.717, 1.165) is 38.1 Å². The number of rotatable bonds is 12. The zero-order valence-corrected chi connectivity index (χ0v) is 16.4. The van der Waals surface area contributed by atoms with Gasteiger partial charge in [-0.15, -0.1) is 0 Å². The Labute approximate surface area is 149 Å². The minimum absolute atomic E-state index is 0.608. The summed E-state index contributed by atoms with van der Waals surface area (Å²) in [4.78, 5) is 6.81. The Morgan fingerprint density at radius 3 is 2.71 bits per heavy atom. The Bertz CT molecular complexity index is 335. The molecule has 0 saturated carbocycles. The van der Waals surface area contributed by atoms with Gasteiger partial charge in [-0.3, -0.25) is 4.99 Å². The fourth-order valence-corrected chi connectivity index (χ4v) is 3.12. The molecule has 0 spiro atoms. The normalized spacial score (nSPS) is 18.6. The summed E-state index contributed by atoms with van der Waals surface area (Å²) in [5.74, 6) is 2.50. The average Bonchev–Trinajstić information content (AvgIpc) is 3.02. The number of aliphatic imine (C=N–C) groups is 1. The van der Waals surface area contributed by atoms with Crippen molar-refractivity contribution >= 4 is 5.96 Å². The number of unbranched alkanes of at least 4 members (excludes halogenated alkanes) is 3. The second-order valence-electron chi connectivity index (χ2n) is 7.24. The van der Waals surface area contributed by atoms with Gasteiger partial charge in [0.05, 0.1) is 19.8 Å². The maximum atomic E-state index is 5.66. The summed E-state index contributed by atoms with van der Waals surface area (Å²) >= 11 is 0. The SMILES string of the molecule is CN=C(NCCCCCCC(C)C)N1CCC(COCCOC)C1. The molecule has 0 radical (unpaired) electrons. The van der Waals surface area contributed by atoms with Gasteiger partial charge in [-0.05, 0) is 18.8 Å². The molecule has 1 rings (SSSR count). The first-order valence-electron chi connectivity index (χ1n) is 9.69. The Morgan fingerprint density at radius 2 is 2.00 bits per heavy atom. The molecule has 1 heterocycles. The number of nitrogens with one attached hydrogen (secondary N) is 1. The molecule has 5 heteroatoms. The lowest BCUT2D eigenvalue weighted by molar-refractivity contribution is 0.0536. The van der Waals surface area contributed by atoms with E-state index in [1.54, 1.807) is 7.11 Å². The third-order valence-corrected chi connectivity index (χ3v) is 4.57. The van der Waals surface area contributed by atoms with Crippen molar-refractivity contribution in [3.63, 3.8) is 0 Å². The highest BCUT2D eigenvalue weighted by Crippen LogP contribution is 2.16. The minimum Gasteiger partial charge on any atom is -0.382 e. The summed E-state index contributed by atoms with van der Waals surface area (Å²) in [6.07, 6.45) is 7.80. The van der Waals surface area contributed by atoms with E-state index in [0.29, 0.717) is 19.1 Å². The monoisotopic (exact) mass is 341 g/mol. The van der Waals surface area contributed by atoms with Gasteiger partial charge in [0, 0.05) is 39.7 Å². The van der Waals surface area contributed by atoms with Crippen molar-refractivity contribution < 1.29 is 9.47 Å². The molecule has 0 aromatic heterocycles. The molecule has 0 bridgehead atoms. The molecule has 1 N–H and O–H groups in total. The van der Waals surface area contributed by atoms with Crippen LogP contribution in [0.15, 0.2) is 4.99 Å². The Morgan fingerprint density at radius 1 is 1.21 bits per heavy atom. The molecule has 1 fully saturated rings. The lowest BCUT2D eigenvalue weighted by Crippen LogP contribution is -2.40. The molecule has 0 amide bonds. The predicted octanol–water partition coefficient (Wildman–Crippen LogP) is 3.15. The van der Waals surface area contributed by atoms with Crippen LogP contribution in [0, 0.1) is 11.8 Å². The summed E-state index contributed by atoms with van der Waals surface area (Å²) in [5.41, 5.74) is 0. The minimum atomic E-state index is 0.608. The van der Waals surface area contributed by atoms with Crippen molar-refractivity contribution in [2.24, 2.45) is 16.8 Å². The van der Waals surface area contributed by atoms with Crippen LogP contribution in [0.4, 0.5) is 0 Å². The van der Waals surface area contributed by atoms with E-state index >= 15 is 0 Å². The highest BCUT2D eigenvalue weighted by Gasteiger charge is 2.24. The van der Waals surface area contributed by atoms with Crippen LogP contribution in [0.3, 0.4) is 0 Å². The van der Waals surface area contributed by atoms with Gasteiger partial charge in [0.2, 0.25) is 0 Å². The topological polar surface area (TPSA) is 46.1 Å². The molecular weight excluding hydrogens is 302 g/mol. The molecule has 1 atom stereocenters. The van der Waals surface area contributed by atoms with Crippen molar-refractivity contribution in [2.45, 2.75) is 52.4 Å². The zero-order valence-electron chi connectivity index (χ0n) is 16.4. The van der Waals surface area contributed by atoms with Crippen LogP contribution < -0.4 is 5.32 Å². The molecule has 0 aromatic rings. The molecule has 1 unspecified atom stereocenters. The van der Waals surface area contributed by atoms with Gasteiger partial charge in [0.25, 0.3) is 0 Å². The molecule has 24 heavy (non-hydrogen) atoms. The van der Waals surface area contributed by atoms with Crippen molar-refractivity contribution in [3.05, 3.63) is 0 Å². The van der Waals surface area contributed by atoms with E-state index in [1.807, 2.05) is 7.05 Å². The number of hydrogen-bond donors (Lipinski definition) is 1. The van der Waals surface area contributed by atoms with Crippen LogP contribution in [0.2, 0.25) is 0 Å². The van der Waals surface area contributed by atoms with Gasteiger partial charge in [-0.2, -0.15) is 0 Å². The van der Waals surface area contributed by atoms with Gasteiger partial charge in [0.1, 0.15) is 0 Å². The van der Waals surface area contributed by atoms with E-state index in [4.69, 9.17) is 9.47 Å². The maximum Gasteiger partial charge on any atom is 0.193 e. The highest BCUT2D eigenvalue weighted by molar-refractivity contribution is 5.80. The number of hydrogen-bond acceptors (Lipinski definition) is 3. The smallest absolute Gasteiger partial charge is 0.193 e. The average molecular weight is 342 g/mol. The zero-order chi connectivity index (χ0) is 17.6. The molecule has 5 nitrogen and oxygen atoms in total. The fourth-order valence-electron chi connectivity index (χ4n) is 3.12. The second-order valence-corrected chi connectivity index (χ2v) is 7.24. The summed E-state index contributed by atoms with van der Waals surface area (Å²) < 4.78 is 10.7. The van der Waals surface area contributed by atoms with E-state index < -0.39 is 0 Å². The van der Waals surface area contributed by atoms with Crippen LogP contribution in [-0.4, -0.2) is 64.5 Å². The lowest BCUT2D eigenvalue weighted by atomic mass is 10.0. The van der Waals surface area contributed by atoms with Gasteiger partial charge in [-0.1, -0.05) is 39.5 Å².